The van der Waals surface area contributed by atoms with Crippen LogP contribution in [0.2, 0.25) is 0 Å². The lowest BCUT2D eigenvalue weighted by Gasteiger charge is -2.17. The molecule has 2 aromatic rings. The molecule has 0 bridgehead atoms. The maximum Gasteiger partial charge on any atom is 0.216 e. The van der Waals surface area contributed by atoms with Gasteiger partial charge < -0.3 is 0 Å². The predicted octanol–water partition coefficient (Wildman–Crippen LogP) is 3.48. The maximum absolute atomic E-state index is 12.3. The van der Waals surface area contributed by atoms with E-state index in [-0.39, 0.29) is 11.8 Å². The fourth-order valence-corrected chi connectivity index (χ4v) is 3.77. The van der Waals surface area contributed by atoms with Gasteiger partial charge in [0.1, 0.15) is 0 Å². The molecule has 0 saturated carbocycles. The second kappa shape index (κ2) is 6.41. The Labute approximate surface area is 127 Å². The molecule has 2 rings (SSSR count). The first-order chi connectivity index (χ1) is 9.87. The number of aryl methyl sites for hydroxylation is 2. The Kier molecular flexibility index (Phi) is 4.80. The van der Waals surface area contributed by atoms with Crippen molar-refractivity contribution in [1.82, 2.24) is 4.72 Å². The van der Waals surface area contributed by atoms with Gasteiger partial charge in [0, 0.05) is 6.04 Å². The molecule has 0 radical (unpaired) electrons. The molecular weight excluding hydrogens is 282 g/mol. The third-order valence-corrected chi connectivity index (χ3v) is 4.88. The third-order valence-electron chi connectivity index (χ3n) is 3.46. The molecule has 0 saturated heterocycles. The molecule has 3 nitrogen and oxygen atoms in total. The first kappa shape index (κ1) is 15.7. The van der Waals surface area contributed by atoms with E-state index in [1.54, 1.807) is 0 Å². The van der Waals surface area contributed by atoms with Crippen molar-refractivity contribution in [3.63, 3.8) is 0 Å². The Balaban J connectivity index is 2.14. The Morgan fingerprint density at radius 1 is 1.05 bits per heavy atom. The van der Waals surface area contributed by atoms with Gasteiger partial charge >= 0.3 is 0 Å². The van der Waals surface area contributed by atoms with Gasteiger partial charge in [0.05, 0.1) is 5.75 Å². The highest BCUT2D eigenvalue weighted by atomic mass is 32.2. The fraction of sp³-hybridized carbons (Fsp3) is 0.294. The van der Waals surface area contributed by atoms with Crippen LogP contribution < -0.4 is 4.72 Å². The first-order valence-electron chi connectivity index (χ1n) is 6.98. The standard InChI is InChI=1S/C17H21NO2S/c1-13-9-10-14(2)17(11-13)15(3)18-21(19,20)12-16-7-5-4-6-8-16/h4-11,15,18H,12H2,1-3H3. The zero-order valence-corrected chi connectivity index (χ0v) is 13.4. The van der Waals surface area contributed by atoms with Crippen molar-refractivity contribution in [3.05, 3.63) is 70.8 Å². The Bertz CT molecular complexity index is 709. The number of benzene rings is 2. The van der Waals surface area contributed by atoms with E-state index < -0.39 is 10.0 Å². The first-order valence-corrected chi connectivity index (χ1v) is 8.64. The molecule has 0 spiro atoms. The van der Waals surface area contributed by atoms with Gasteiger partial charge in [0.15, 0.2) is 0 Å². The van der Waals surface area contributed by atoms with Crippen LogP contribution in [0.15, 0.2) is 48.5 Å². The second-order valence-corrected chi connectivity index (χ2v) is 7.20. The molecule has 1 unspecified atom stereocenters. The normalized spacial score (nSPS) is 13.1. The van der Waals surface area contributed by atoms with Crippen molar-refractivity contribution in [3.8, 4) is 0 Å². The van der Waals surface area contributed by atoms with Crippen LogP contribution in [0, 0.1) is 13.8 Å². The van der Waals surface area contributed by atoms with Gasteiger partial charge in [-0.25, -0.2) is 13.1 Å². The Morgan fingerprint density at radius 3 is 2.38 bits per heavy atom. The lowest BCUT2D eigenvalue weighted by Crippen LogP contribution is -2.28. The van der Waals surface area contributed by atoms with E-state index in [0.29, 0.717) is 0 Å². The molecule has 1 N–H and O–H groups in total. The van der Waals surface area contributed by atoms with Crippen LogP contribution in [0.5, 0.6) is 0 Å². The monoisotopic (exact) mass is 303 g/mol. The zero-order chi connectivity index (χ0) is 15.5. The van der Waals surface area contributed by atoms with Crippen LogP contribution >= 0.6 is 0 Å². The Morgan fingerprint density at radius 2 is 1.71 bits per heavy atom. The topological polar surface area (TPSA) is 46.2 Å². The number of hydrogen-bond acceptors (Lipinski definition) is 2. The second-order valence-electron chi connectivity index (χ2n) is 5.44. The molecule has 112 valence electrons. The van der Waals surface area contributed by atoms with Crippen molar-refractivity contribution < 1.29 is 8.42 Å². The lowest BCUT2D eigenvalue weighted by molar-refractivity contribution is 0.565. The summed E-state index contributed by atoms with van der Waals surface area (Å²) in [6.45, 7) is 5.88. The molecular formula is C17H21NO2S. The minimum absolute atomic E-state index is 0.00302. The minimum Gasteiger partial charge on any atom is -0.212 e. The average Bonchev–Trinajstić information content (AvgIpc) is 2.41. The van der Waals surface area contributed by atoms with Crippen LogP contribution in [-0.4, -0.2) is 8.42 Å². The number of sulfonamides is 1. The fourth-order valence-electron chi connectivity index (χ4n) is 2.39. The van der Waals surface area contributed by atoms with Crippen LogP contribution in [0.25, 0.3) is 0 Å². The van der Waals surface area contributed by atoms with Gasteiger partial charge in [-0.3, -0.25) is 0 Å². The smallest absolute Gasteiger partial charge is 0.212 e. The van der Waals surface area contributed by atoms with Crippen molar-refractivity contribution in [2.24, 2.45) is 0 Å². The third kappa shape index (κ3) is 4.41. The molecule has 21 heavy (non-hydrogen) atoms. The molecule has 2 aromatic carbocycles. The van der Waals surface area contributed by atoms with Gasteiger partial charge in [-0.15, -0.1) is 0 Å². The number of nitrogens with one attached hydrogen (secondary N) is 1. The summed E-state index contributed by atoms with van der Waals surface area (Å²) in [6.07, 6.45) is 0. The summed E-state index contributed by atoms with van der Waals surface area (Å²) in [7, 11) is -3.36. The highest BCUT2D eigenvalue weighted by Crippen LogP contribution is 2.20. The molecule has 4 heteroatoms. The SMILES string of the molecule is Cc1ccc(C)c(C(C)NS(=O)(=O)Cc2ccccc2)c1. The van der Waals surface area contributed by atoms with E-state index in [1.807, 2.05) is 69.3 Å². The van der Waals surface area contributed by atoms with Crippen molar-refractivity contribution in [2.45, 2.75) is 32.6 Å². The Hall–Kier alpha value is -1.65. The number of hydrogen-bond donors (Lipinski definition) is 1. The van der Waals surface area contributed by atoms with Crippen LogP contribution in [0.3, 0.4) is 0 Å². The minimum atomic E-state index is -3.36. The van der Waals surface area contributed by atoms with E-state index in [4.69, 9.17) is 0 Å². The lowest BCUT2D eigenvalue weighted by atomic mass is 10.0. The van der Waals surface area contributed by atoms with Gasteiger partial charge in [-0.1, -0.05) is 54.1 Å². The quantitative estimate of drug-likeness (QED) is 0.919. The number of rotatable bonds is 5. The van der Waals surface area contributed by atoms with Crippen molar-refractivity contribution in [2.75, 3.05) is 0 Å². The zero-order valence-electron chi connectivity index (χ0n) is 12.6. The average molecular weight is 303 g/mol. The summed E-state index contributed by atoms with van der Waals surface area (Å²) in [6, 6.07) is 15.1. The molecule has 0 aliphatic rings. The summed E-state index contributed by atoms with van der Waals surface area (Å²) in [5.74, 6) is 0.00302. The summed E-state index contributed by atoms with van der Waals surface area (Å²) in [5.41, 5.74) is 4.03. The van der Waals surface area contributed by atoms with Gasteiger partial charge in [0.2, 0.25) is 10.0 Å². The highest BCUT2D eigenvalue weighted by molar-refractivity contribution is 7.88. The summed E-state index contributed by atoms with van der Waals surface area (Å²) < 4.78 is 27.3. The molecule has 0 aliphatic heterocycles. The highest BCUT2D eigenvalue weighted by Gasteiger charge is 2.17. The molecule has 0 heterocycles. The predicted molar refractivity (Wildman–Crippen MR) is 86.5 cm³/mol. The van der Waals surface area contributed by atoms with Crippen LogP contribution in [0.4, 0.5) is 0 Å². The summed E-state index contributed by atoms with van der Waals surface area (Å²) in [4.78, 5) is 0. The van der Waals surface area contributed by atoms with E-state index >= 15 is 0 Å². The van der Waals surface area contributed by atoms with E-state index in [1.165, 1.54) is 0 Å². The van der Waals surface area contributed by atoms with Gasteiger partial charge in [-0.05, 0) is 37.5 Å². The van der Waals surface area contributed by atoms with E-state index in [0.717, 1.165) is 22.3 Å². The van der Waals surface area contributed by atoms with Gasteiger partial charge in [-0.2, -0.15) is 0 Å². The summed E-state index contributed by atoms with van der Waals surface area (Å²) in [5, 5.41) is 0. The van der Waals surface area contributed by atoms with Gasteiger partial charge in [0.25, 0.3) is 0 Å². The maximum atomic E-state index is 12.3. The molecule has 0 aromatic heterocycles. The van der Waals surface area contributed by atoms with Crippen LogP contribution in [-0.2, 0) is 15.8 Å². The summed E-state index contributed by atoms with van der Waals surface area (Å²) >= 11 is 0. The molecule has 0 amide bonds. The van der Waals surface area contributed by atoms with Crippen LogP contribution in [0.1, 0.15) is 35.2 Å². The molecule has 0 fully saturated rings. The van der Waals surface area contributed by atoms with Crippen molar-refractivity contribution in [1.29, 1.82) is 0 Å². The van der Waals surface area contributed by atoms with E-state index in [2.05, 4.69) is 4.72 Å². The molecule has 0 aliphatic carbocycles. The van der Waals surface area contributed by atoms with E-state index in [9.17, 15) is 8.42 Å². The van der Waals surface area contributed by atoms with Crippen molar-refractivity contribution >= 4 is 10.0 Å². The molecule has 1 atom stereocenters. The largest absolute Gasteiger partial charge is 0.216 e.